The summed E-state index contributed by atoms with van der Waals surface area (Å²) in [6, 6.07) is 0. The Balaban J connectivity index is 2.05. The van der Waals surface area contributed by atoms with Crippen molar-refractivity contribution in [3.63, 3.8) is 0 Å². The molecule has 2 fully saturated rings. The van der Waals surface area contributed by atoms with Crippen LogP contribution in [-0.4, -0.2) is 41.8 Å². The SMILES string of the molecule is CC1CN(C(C)(CN)CC2CCC2)CC(C)(C)O1. The van der Waals surface area contributed by atoms with Crippen LogP contribution in [0.5, 0.6) is 0 Å². The summed E-state index contributed by atoms with van der Waals surface area (Å²) in [4.78, 5) is 2.58. The Bertz CT molecular complexity index is 288. The van der Waals surface area contributed by atoms with Gasteiger partial charge < -0.3 is 10.5 Å². The van der Waals surface area contributed by atoms with Gasteiger partial charge in [-0.3, -0.25) is 4.90 Å². The van der Waals surface area contributed by atoms with Gasteiger partial charge in [-0.15, -0.1) is 0 Å². The molecule has 1 heterocycles. The highest BCUT2D eigenvalue weighted by molar-refractivity contribution is 4.96. The van der Waals surface area contributed by atoms with E-state index in [1.165, 1.54) is 25.7 Å². The predicted octanol–water partition coefficient (Wildman–Crippen LogP) is 2.39. The van der Waals surface area contributed by atoms with Crippen molar-refractivity contribution in [1.29, 1.82) is 0 Å². The molecule has 0 aromatic carbocycles. The number of nitrogens with zero attached hydrogens (tertiary/aromatic N) is 1. The Morgan fingerprint density at radius 2 is 2.06 bits per heavy atom. The summed E-state index contributed by atoms with van der Waals surface area (Å²) in [5, 5.41) is 0. The molecule has 2 unspecified atom stereocenters. The molecule has 0 aromatic rings. The third-order valence-electron chi connectivity index (χ3n) is 4.73. The monoisotopic (exact) mass is 254 g/mol. The number of nitrogens with two attached hydrogens (primary N) is 1. The number of rotatable bonds is 4. The van der Waals surface area contributed by atoms with E-state index >= 15 is 0 Å². The van der Waals surface area contributed by atoms with Gasteiger partial charge in [-0.1, -0.05) is 19.3 Å². The molecule has 1 saturated carbocycles. The van der Waals surface area contributed by atoms with Crippen LogP contribution < -0.4 is 5.73 Å². The van der Waals surface area contributed by atoms with Crippen molar-refractivity contribution in [2.75, 3.05) is 19.6 Å². The molecule has 3 nitrogen and oxygen atoms in total. The third-order valence-corrected chi connectivity index (χ3v) is 4.73. The Kier molecular flexibility index (Phi) is 4.05. The van der Waals surface area contributed by atoms with Crippen LogP contribution in [0.3, 0.4) is 0 Å². The molecule has 0 spiro atoms. The quantitative estimate of drug-likeness (QED) is 0.837. The molecule has 2 N–H and O–H groups in total. The molecule has 18 heavy (non-hydrogen) atoms. The van der Waals surface area contributed by atoms with Gasteiger partial charge in [-0.05, 0) is 40.0 Å². The summed E-state index contributed by atoms with van der Waals surface area (Å²) >= 11 is 0. The van der Waals surface area contributed by atoms with Crippen LogP contribution in [0.4, 0.5) is 0 Å². The van der Waals surface area contributed by atoms with Crippen LogP contribution in [0.15, 0.2) is 0 Å². The van der Waals surface area contributed by atoms with E-state index in [0.717, 1.165) is 25.6 Å². The van der Waals surface area contributed by atoms with E-state index in [0.29, 0.717) is 6.10 Å². The van der Waals surface area contributed by atoms with Crippen molar-refractivity contribution in [3.8, 4) is 0 Å². The highest BCUT2D eigenvalue weighted by Crippen LogP contribution is 2.37. The molecular weight excluding hydrogens is 224 g/mol. The van der Waals surface area contributed by atoms with Crippen molar-refractivity contribution in [2.24, 2.45) is 11.7 Å². The predicted molar refractivity (Wildman–Crippen MR) is 75.6 cm³/mol. The molecule has 0 radical (unpaired) electrons. The minimum absolute atomic E-state index is 0.0479. The standard InChI is InChI=1S/C15H30N2O/c1-12-9-17(11-14(2,3)18-12)15(4,10-16)8-13-6-5-7-13/h12-13H,5-11,16H2,1-4H3. The average Bonchev–Trinajstić information content (AvgIpc) is 2.20. The van der Waals surface area contributed by atoms with Crippen molar-refractivity contribution < 1.29 is 4.74 Å². The lowest BCUT2D eigenvalue weighted by Gasteiger charge is -2.51. The van der Waals surface area contributed by atoms with E-state index < -0.39 is 0 Å². The highest BCUT2D eigenvalue weighted by Gasteiger charge is 2.41. The molecule has 3 heteroatoms. The summed E-state index contributed by atoms with van der Waals surface area (Å²) in [6.07, 6.45) is 5.78. The molecular formula is C15H30N2O. The lowest BCUT2D eigenvalue weighted by Crippen LogP contribution is -2.62. The van der Waals surface area contributed by atoms with Gasteiger partial charge in [0.25, 0.3) is 0 Å². The van der Waals surface area contributed by atoms with Gasteiger partial charge in [0.1, 0.15) is 0 Å². The number of hydrogen-bond donors (Lipinski definition) is 1. The molecule has 0 aromatic heterocycles. The van der Waals surface area contributed by atoms with Crippen LogP contribution >= 0.6 is 0 Å². The topological polar surface area (TPSA) is 38.5 Å². The zero-order chi connectivity index (χ0) is 13.4. The van der Waals surface area contributed by atoms with Gasteiger partial charge in [0.05, 0.1) is 11.7 Å². The summed E-state index contributed by atoms with van der Waals surface area (Å²) in [5.41, 5.74) is 6.22. The number of hydrogen-bond acceptors (Lipinski definition) is 3. The van der Waals surface area contributed by atoms with Crippen molar-refractivity contribution in [1.82, 2.24) is 4.90 Å². The molecule has 2 aliphatic rings. The van der Waals surface area contributed by atoms with Crippen LogP contribution in [0.1, 0.15) is 53.4 Å². The first kappa shape index (κ1) is 14.3. The van der Waals surface area contributed by atoms with E-state index in [-0.39, 0.29) is 11.1 Å². The fraction of sp³-hybridized carbons (Fsp3) is 1.00. The molecule has 2 atom stereocenters. The molecule has 0 amide bonds. The summed E-state index contributed by atoms with van der Waals surface area (Å²) in [6.45, 7) is 11.7. The average molecular weight is 254 g/mol. The van der Waals surface area contributed by atoms with E-state index in [4.69, 9.17) is 10.5 Å². The summed E-state index contributed by atoms with van der Waals surface area (Å²) in [7, 11) is 0. The second-order valence-electron chi connectivity index (χ2n) is 7.27. The number of ether oxygens (including phenoxy) is 1. The molecule has 1 aliphatic carbocycles. The van der Waals surface area contributed by atoms with Gasteiger partial charge in [-0.25, -0.2) is 0 Å². The van der Waals surface area contributed by atoms with Crippen LogP contribution in [-0.2, 0) is 4.74 Å². The second-order valence-corrected chi connectivity index (χ2v) is 7.27. The zero-order valence-electron chi connectivity index (χ0n) is 12.5. The molecule has 1 aliphatic heterocycles. The smallest absolute Gasteiger partial charge is 0.0757 e. The zero-order valence-corrected chi connectivity index (χ0v) is 12.5. The number of morpholine rings is 1. The van der Waals surface area contributed by atoms with Gasteiger partial charge >= 0.3 is 0 Å². The van der Waals surface area contributed by atoms with Crippen LogP contribution in [0.2, 0.25) is 0 Å². The maximum atomic E-state index is 6.12. The fourth-order valence-corrected chi connectivity index (χ4v) is 3.53. The maximum Gasteiger partial charge on any atom is 0.0757 e. The minimum atomic E-state index is -0.0479. The van der Waals surface area contributed by atoms with Crippen LogP contribution in [0.25, 0.3) is 0 Å². The molecule has 0 bridgehead atoms. The Hall–Kier alpha value is -0.120. The van der Waals surface area contributed by atoms with Gasteiger partial charge in [-0.2, -0.15) is 0 Å². The fourth-order valence-electron chi connectivity index (χ4n) is 3.53. The lowest BCUT2D eigenvalue weighted by molar-refractivity contribution is -0.153. The Morgan fingerprint density at radius 1 is 1.39 bits per heavy atom. The largest absolute Gasteiger partial charge is 0.370 e. The van der Waals surface area contributed by atoms with E-state index in [2.05, 4.69) is 32.6 Å². The normalized spacial score (nSPS) is 32.8. The van der Waals surface area contributed by atoms with E-state index in [9.17, 15) is 0 Å². The van der Waals surface area contributed by atoms with Crippen LogP contribution in [0, 0.1) is 5.92 Å². The first-order valence-electron chi connectivity index (χ1n) is 7.48. The Labute approximate surface area is 112 Å². The van der Waals surface area contributed by atoms with E-state index in [1.54, 1.807) is 0 Å². The highest BCUT2D eigenvalue weighted by atomic mass is 16.5. The second kappa shape index (κ2) is 5.10. The van der Waals surface area contributed by atoms with Gasteiger partial charge in [0.15, 0.2) is 0 Å². The Morgan fingerprint density at radius 3 is 2.50 bits per heavy atom. The lowest BCUT2D eigenvalue weighted by atomic mass is 9.75. The van der Waals surface area contributed by atoms with Crippen molar-refractivity contribution in [2.45, 2.75) is 70.6 Å². The maximum absolute atomic E-state index is 6.12. The third kappa shape index (κ3) is 3.06. The summed E-state index contributed by atoms with van der Waals surface area (Å²) in [5.74, 6) is 0.903. The molecule has 1 saturated heterocycles. The summed E-state index contributed by atoms with van der Waals surface area (Å²) < 4.78 is 6.01. The molecule has 106 valence electrons. The van der Waals surface area contributed by atoms with E-state index in [1.807, 2.05) is 0 Å². The van der Waals surface area contributed by atoms with Crippen molar-refractivity contribution in [3.05, 3.63) is 0 Å². The van der Waals surface area contributed by atoms with Gasteiger partial charge in [0, 0.05) is 25.2 Å². The van der Waals surface area contributed by atoms with Crippen molar-refractivity contribution >= 4 is 0 Å². The molecule has 2 rings (SSSR count). The minimum Gasteiger partial charge on any atom is -0.370 e. The van der Waals surface area contributed by atoms with Gasteiger partial charge in [0.2, 0.25) is 0 Å². The first-order chi connectivity index (χ1) is 8.35. The first-order valence-corrected chi connectivity index (χ1v) is 7.48.